The van der Waals surface area contributed by atoms with E-state index in [9.17, 15) is 0 Å². The van der Waals surface area contributed by atoms with Crippen molar-refractivity contribution in [2.24, 2.45) is 11.8 Å². The summed E-state index contributed by atoms with van der Waals surface area (Å²) in [6.07, 6.45) is 4.05. The minimum absolute atomic E-state index is 0.630. The molecule has 1 saturated carbocycles. The zero-order valence-corrected chi connectivity index (χ0v) is 11.9. The van der Waals surface area contributed by atoms with Gasteiger partial charge >= 0.3 is 0 Å². The fourth-order valence-electron chi connectivity index (χ4n) is 3.28. The van der Waals surface area contributed by atoms with Gasteiger partial charge in [-0.25, -0.2) is 0 Å². The molecule has 2 aromatic rings. The summed E-state index contributed by atoms with van der Waals surface area (Å²) in [6, 6.07) is 15.9. The van der Waals surface area contributed by atoms with E-state index in [0.29, 0.717) is 6.04 Å². The number of hydrogen-bond acceptors (Lipinski definition) is 1. The first kappa shape index (κ1) is 12.5. The van der Waals surface area contributed by atoms with Gasteiger partial charge in [-0.05, 0) is 41.2 Å². The van der Waals surface area contributed by atoms with E-state index in [-0.39, 0.29) is 0 Å². The van der Waals surface area contributed by atoms with E-state index < -0.39 is 0 Å². The van der Waals surface area contributed by atoms with Gasteiger partial charge in [0.05, 0.1) is 0 Å². The maximum Gasteiger partial charge on any atom is 0.0348 e. The Morgan fingerprint density at radius 2 is 1.74 bits per heavy atom. The molecule has 100 valence electrons. The molecule has 1 aliphatic rings. The van der Waals surface area contributed by atoms with Crippen molar-refractivity contribution in [3.8, 4) is 0 Å². The Hall–Kier alpha value is -1.50. The van der Waals surface area contributed by atoms with Gasteiger partial charge in [-0.2, -0.15) is 0 Å². The fourth-order valence-corrected chi connectivity index (χ4v) is 3.28. The van der Waals surface area contributed by atoms with Crippen LogP contribution in [0.3, 0.4) is 0 Å². The van der Waals surface area contributed by atoms with Crippen LogP contribution in [0.25, 0.3) is 10.8 Å². The monoisotopic (exact) mass is 253 g/mol. The molecule has 0 saturated heterocycles. The first-order valence-electron chi connectivity index (χ1n) is 7.49. The predicted molar refractivity (Wildman–Crippen MR) is 83.5 cm³/mol. The third-order valence-corrected chi connectivity index (χ3v) is 4.81. The molecular formula is C18H23N. The van der Waals surface area contributed by atoms with Gasteiger partial charge in [0.2, 0.25) is 0 Å². The van der Waals surface area contributed by atoms with Crippen LogP contribution in [0.4, 0.5) is 5.69 Å². The highest BCUT2D eigenvalue weighted by Gasteiger charge is 2.26. The smallest absolute Gasteiger partial charge is 0.0348 e. The second-order valence-electron chi connectivity index (χ2n) is 6.08. The first-order chi connectivity index (χ1) is 9.24. The van der Waals surface area contributed by atoms with Crippen molar-refractivity contribution in [3.05, 3.63) is 42.5 Å². The predicted octanol–water partition coefficient (Wildman–Crippen LogP) is 5.08. The van der Waals surface area contributed by atoms with E-state index in [2.05, 4.69) is 61.6 Å². The van der Waals surface area contributed by atoms with Crippen LogP contribution in [-0.2, 0) is 0 Å². The van der Waals surface area contributed by atoms with Gasteiger partial charge < -0.3 is 5.32 Å². The summed E-state index contributed by atoms with van der Waals surface area (Å²) < 4.78 is 0. The van der Waals surface area contributed by atoms with E-state index in [0.717, 1.165) is 11.8 Å². The summed E-state index contributed by atoms with van der Waals surface area (Å²) in [5.74, 6) is 1.60. The van der Waals surface area contributed by atoms with Crippen LogP contribution in [0.2, 0.25) is 0 Å². The van der Waals surface area contributed by atoms with Crippen molar-refractivity contribution >= 4 is 16.5 Å². The first-order valence-corrected chi connectivity index (χ1v) is 7.49. The summed E-state index contributed by atoms with van der Waals surface area (Å²) in [4.78, 5) is 0. The Kier molecular flexibility index (Phi) is 3.46. The minimum Gasteiger partial charge on any atom is -0.382 e. The molecule has 0 aliphatic heterocycles. The minimum atomic E-state index is 0.630. The lowest BCUT2D eigenvalue weighted by atomic mass is 9.78. The highest BCUT2D eigenvalue weighted by atomic mass is 14.9. The average Bonchev–Trinajstić information content (AvgIpc) is 2.44. The number of nitrogens with one attached hydrogen (secondary N) is 1. The Balaban J connectivity index is 1.81. The molecule has 19 heavy (non-hydrogen) atoms. The Bertz CT molecular complexity index is 560. The van der Waals surface area contributed by atoms with Gasteiger partial charge in [0.1, 0.15) is 0 Å². The number of fused-ring (bicyclic) bond motifs is 1. The molecule has 1 nitrogen and oxygen atoms in total. The van der Waals surface area contributed by atoms with Crippen LogP contribution in [0.1, 0.15) is 33.1 Å². The molecule has 0 spiro atoms. The molecule has 1 heteroatoms. The maximum absolute atomic E-state index is 3.75. The second kappa shape index (κ2) is 5.24. The summed E-state index contributed by atoms with van der Waals surface area (Å²) in [7, 11) is 0. The largest absolute Gasteiger partial charge is 0.382 e. The normalized spacial score (nSPS) is 27.4. The van der Waals surface area contributed by atoms with Crippen molar-refractivity contribution in [1.82, 2.24) is 0 Å². The molecule has 1 fully saturated rings. The van der Waals surface area contributed by atoms with Crippen LogP contribution < -0.4 is 5.32 Å². The molecule has 3 rings (SSSR count). The van der Waals surface area contributed by atoms with Crippen LogP contribution in [-0.4, -0.2) is 6.04 Å². The van der Waals surface area contributed by atoms with Gasteiger partial charge in [0.25, 0.3) is 0 Å². The molecule has 0 bridgehead atoms. The van der Waals surface area contributed by atoms with E-state index >= 15 is 0 Å². The van der Waals surface area contributed by atoms with Crippen LogP contribution in [0.15, 0.2) is 42.5 Å². The van der Waals surface area contributed by atoms with Crippen molar-refractivity contribution in [3.63, 3.8) is 0 Å². The Labute approximate surface area is 116 Å². The molecular weight excluding hydrogens is 230 g/mol. The van der Waals surface area contributed by atoms with E-state index in [1.54, 1.807) is 0 Å². The molecule has 3 atom stereocenters. The summed E-state index contributed by atoms with van der Waals surface area (Å²) >= 11 is 0. The van der Waals surface area contributed by atoms with E-state index in [4.69, 9.17) is 0 Å². The lowest BCUT2D eigenvalue weighted by Gasteiger charge is -2.35. The average molecular weight is 253 g/mol. The Morgan fingerprint density at radius 1 is 0.947 bits per heavy atom. The molecule has 1 N–H and O–H groups in total. The zero-order valence-electron chi connectivity index (χ0n) is 11.9. The van der Waals surface area contributed by atoms with Gasteiger partial charge in [0.15, 0.2) is 0 Å². The molecule has 3 unspecified atom stereocenters. The zero-order chi connectivity index (χ0) is 13.2. The molecule has 0 amide bonds. The summed E-state index contributed by atoms with van der Waals surface area (Å²) in [5.41, 5.74) is 1.27. The number of hydrogen-bond donors (Lipinski definition) is 1. The SMILES string of the molecule is CC1CCCC(Nc2ccc3ccccc3c2)C1C. The Morgan fingerprint density at radius 3 is 2.58 bits per heavy atom. The van der Waals surface area contributed by atoms with Crippen LogP contribution >= 0.6 is 0 Å². The highest BCUT2D eigenvalue weighted by Crippen LogP contribution is 2.32. The lowest BCUT2D eigenvalue weighted by molar-refractivity contribution is 0.253. The van der Waals surface area contributed by atoms with Crippen LogP contribution in [0.5, 0.6) is 0 Å². The highest BCUT2D eigenvalue weighted by molar-refractivity contribution is 5.85. The lowest BCUT2D eigenvalue weighted by Crippen LogP contribution is -2.34. The van der Waals surface area contributed by atoms with Gasteiger partial charge in [0, 0.05) is 11.7 Å². The van der Waals surface area contributed by atoms with Crippen molar-refractivity contribution in [2.45, 2.75) is 39.2 Å². The topological polar surface area (TPSA) is 12.0 Å². The van der Waals surface area contributed by atoms with Crippen molar-refractivity contribution < 1.29 is 0 Å². The van der Waals surface area contributed by atoms with Gasteiger partial charge in [-0.3, -0.25) is 0 Å². The quantitative estimate of drug-likeness (QED) is 0.787. The molecule has 1 aliphatic carbocycles. The molecule has 0 radical (unpaired) electrons. The third-order valence-electron chi connectivity index (χ3n) is 4.81. The van der Waals surface area contributed by atoms with E-state index in [1.807, 2.05) is 0 Å². The summed E-state index contributed by atoms with van der Waals surface area (Å²) in [6.45, 7) is 4.78. The maximum atomic E-state index is 3.75. The molecule has 2 aromatic carbocycles. The molecule has 0 heterocycles. The fraction of sp³-hybridized carbons (Fsp3) is 0.444. The number of rotatable bonds is 2. The summed E-state index contributed by atoms with van der Waals surface area (Å²) in [5, 5.41) is 6.39. The second-order valence-corrected chi connectivity index (χ2v) is 6.08. The van der Waals surface area contributed by atoms with Crippen molar-refractivity contribution in [2.75, 3.05) is 5.32 Å². The molecule has 0 aromatic heterocycles. The number of benzene rings is 2. The van der Waals surface area contributed by atoms with Crippen molar-refractivity contribution in [1.29, 1.82) is 0 Å². The van der Waals surface area contributed by atoms with Gasteiger partial charge in [-0.15, -0.1) is 0 Å². The van der Waals surface area contributed by atoms with Crippen LogP contribution in [0, 0.1) is 11.8 Å². The van der Waals surface area contributed by atoms with E-state index in [1.165, 1.54) is 35.7 Å². The standard InChI is InChI=1S/C18H23N/c1-13-6-5-9-18(14(13)2)19-17-11-10-15-7-3-4-8-16(15)12-17/h3-4,7-8,10-14,18-19H,5-6,9H2,1-2H3. The number of anilines is 1. The van der Waals surface area contributed by atoms with Gasteiger partial charge in [-0.1, -0.05) is 57.0 Å². The third kappa shape index (κ3) is 2.60.